The van der Waals surface area contributed by atoms with Crippen LogP contribution < -0.4 is 21.7 Å². The predicted octanol–water partition coefficient (Wildman–Crippen LogP) is 1.15. The van der Waals surface area contributed by atoms with Crippen LogP contribution in [0.1, 0.15) is 18.9 Å². The molecule has 1 aromatic heterocycles. The number of nitrogens with zero attached hydrogens (tertiary/aromatic N) is 1. The molecule has 0 radical (unpaired) electrons. The zero-order valence-electron chi connectivity index (χ0n) is 12.0. The van der Waals surface area contributed by atoms with Gasteiger partial charge in [-0.2, -0.15) is 0 Å². The summed E-state index contributed by atoms with van der Waals surface area (Å²) in [6, 6.07) is 7.27. The van der Waals surface area contributed by atoms with E-state index < -0.39 is 5.69 Å². The lowest BCUT2D eigenvalue weighted by Gasteiger charge is -2.10. The molecule has 0 saturated carbocycles. The van der Waals surface area contributed by atoms with Crippen LogP contribution in [0.25, 0.3) is 0 Å². The molecule has 1 aromatic carbocycles. The quantitative estimate of drug-likeness (QED) is 0.616. The molecule has 2 rings (SSSR count). The Bertz CT molecular complexity index is 719. The molecule has 0 aliphatic carbocycles. The van der Waals surface area contributed by atoms with Gasteiger partial charge in [-0.25, -0.2) is 4.79 Å². The number of benzene rings is 1. The van der Waals surface area contributed by atoms with Crippen LogP contribution in [0.15, 0.2) is 40.1 Å². The van der Waals surface area contributed by atoms with Gasteiger partial charge in [-0.3, -0.25) is 9.78 Å². The molecule has 3 N–H and O–H groups in total. The lowest BCUT2D eigenvalue weighted by atomic mass is 10.2. The normalized spacial score (nSPS) is 10.5. The summed E-state index contributed by atoms with van der Waals surface area (Å²) in [5, 5.41) is 0. The number of nitrogens with one attached hydrogen (secondary N) is 1. The maximum atomic E-state index is 11.7. The fraction of sp³-hybridized carbons (Fsp3) is 0.333. The van der Waals surface area contributed by atoms with Gasteiger partial charge >= 0.3 is 5.69 Å². The Balaban J connectivity index is 1.94. The van der Waals surface area contributed by atoms with Crippen LogP contribution in [0.2, 0.25) is 0 Å². The standard InChI is InChI=1S/C15H19N3O3/c1-2-11-10-18(15(20)17-14(11)19)8-5-9-21-13-7-4-3-6-12(13)16/h3-4,6-7,10H,2,5,8-9,16H2,1H3,(H,17,19,20). The maximum absolute atomic E-state index is 11.7. The van der Waals surface area contributed by atoms with Crippen LogP contribution in [-0.2, 0) is 13.0 Å². The van der Waals surface area contributed by atoms with Crippen molar-refractivity contribution in [3.8, 4) is 5.75 Å². The summed E-state index contributed by atoms with van der Waals surface area (Å²) in [4.78, 5) is 25.5. The van der Waals surface area contributed by atoms with Crippen molar-refractivity contribution in [1.29, 1.82) is 0 Å². The molecule has 6 heteroatoms. The molecule has 1 heterocycles. The Kier molecular flexibility index (Phi) is 4.81. The first kappa shape index (κ1) is 14.9. The molecule has 112 valence electrons. The Morgan fingerprint density at radius 3 is 2.76 bits per heavy atom. The van der Waals surface area contributed by atoms with Crippen LogP contribution in [0.5, 0.6) is 5.75 Å². The van der Waals surface area contributed by atoms with Gasteiger partial charge in [0.25, 0.3) is 5.56 Å². The van der Waals surface area contributed by atoms with Gasteiger partial charge in [0, 0.05) is 18.3 Å². The first-order valence-corrected chi connectivity index (χ1v) is 6.91. The van der Waals surface area contributed by atoms with Gasteiger partial charge in [0.15, 0.2) is 0 Å². The molecule has 21 heavy (non-hydrogen) atoms. The van der Waals surface area contributed by atoms with E-state index in [1.807, 2.05) is 19.1 Å². The highest BCUT2D eigenvalue weighted by molar-refractivity contribution is 5.51. The number of anilines is 1. The van der Waals surface area contributed by atoms with E-state index in [1.54, 1.807) is 18.3 Å². The summed E-state index contributed by atoms with van der Waals surface area (Å²) in [5.74, 6) is 0.639. The summed E-state index contributed by atoms with van der Waals surface area (Å²) in [6.07, 6.45) is 2.84. The largest absolute Gasteiger partial charge is 0.491 e. The Hall–Kier alpha value is -2.50. The number of H-pyrrole nitrogens is 1. The van der Waals surface area contributed by atoms with Gasteiger partial charge in [-0.05, 0) is 25.0 Å². The predicted molar refractivity (Wildman–Crippen MR) is 81.7 cm³/mol. The first-order chi connectivity index (χ1) is 10.1. The van der Waals surface area contributed by atoms with E-state index in [-0.39, 0.29) is 5.56 Å². The minimum Gasteiger partial charge on any atom is -0.491 e. The molecular formula is C15H19N3O3. The number of para-hydroxylation sites is 2. The third-order valence-corrected chi connectivity index (χ3v) is 3.19. The van der Waals surface area contributed by atoms with Gasteiger partial charge in [0.05, 0.1) is 12.3 Å². The number of nitrogens with two attached hydrogens (primary N) is 1. The van der Waals surface area contributed by atoms with Crippen molar-refractivity contribution in [2.45, 2.75) is 26.3 Å². The molecule has 0 aliphatic heterocycles. The van der Waals surface area contributed by atoms with Gasteiger partial charge in [-0.15, -0.1) is 0 Å². The fourth-order valence-electron chi connectivity index (χ4n) is 2.00. The molecule has 0 aliphatic rings. The van der Waals surface area contributed by atoms with E-state index in [4.69, 9.17) is 10.5 Å². The highest BCUT2D eigenvalue weighted by Gasteiger charge is 2.03. The van der Waals surface area contributed by atoms with Crippen molar-refractivity contribution >= 4 is 5.69 Å². The number of hydrogen-bond acceptors (Lipinski definition) is 4. The van der Waals surface area contributed by atoms with Crippen molar-refractivity contribution in [2.24, 2.45) is 0 Å². The molecule has 0 amide bonds. The second-order valence-corrected chi connectivity index (χ2v) is 4.70. The summed E-state index contributed by atoms with van der Waals surface area (Å²) < 4.78 is 7.06. The summed E-state index contributed by atoms with van der Waals surface area (Å²) in [5.41, 5.74) is 6.26. The average Bonchev–Trinajstić information content (AvgIpc) is 2.47. The molecule has 0 fully saturated rings. The smallest absolute Gasteiger partial charge is 0.328 e. The van der Waals surface area contributed by atoms with Crippen LogP contribution in [0.4, 0.5) is 5.69 Å². The van der Waals surface area contributed by atoms with Crippen molar-refractivity contribution in [2.75, 3.05) is 12.3 Å². The molecule has 0 unspecified atom stereocenters. The highest BCUT2D eigenvalue weighted by atomic mass is 16.5. The Labute approximate surface area is 122 Å². The van der Waals surface area contributed by atoms with Crippen LogP contribution in [0, 0.1) is 0 Å². The third-order valence-electron chi connectivity index (χ3n) is 3.19. The van der Waals surface area contributed by atoms with E-state index in [9.17, 15) is 9.59 Å². The molecule has 0 atom stereocenters. The second kappa shape index (κ2) is 6.78. The summed E-state index contributed by atoms with van der Waals surface area (Å²) in [7, 11) is 0. The van der Waals surface area contributed by atoms with E-state index in [1.165, 1.54) is 4.57 Å². The molecule has 6 nitrogen and oxygen atoms in total. The van der Waals surface area contributed by atoms with Crippen LogP contribution in [-0.4, -0.2) is 16.2 Å². The van der Waals surface area contributed by atoms with Crippen LogP contribution in [0.3, 0.4) is 0 Å². The zero-order valence-corrected chi connectivity index (χ0v) is 12.0. The van der Waals surface area contributed by atoms with Crippen molar-refractivity contribution in [1.82, 2.24) is 9.55 Å². The fourth-order valence-corrected chi connectivity index (χ4v) is 2.00. The first-order valence-electron chi connectivity index (χ1n) is 6.91. The van der Waals surface area contributed by atoms with Crippen molar-refractivity contribution in [3.63, 3.8) is 0 Å². The highest BCUT2D eigenvalue weighted by Crippen LogP contribution is 2.19. The molecule has 0 bridgehead atoms. The number of rotatable bonds is 6. The number of aromatic nitrogens is 2. The average molecular weight is 289 g/mol. The lowest BCUT2D eigenvalue weighted by Crippen LogP contribution is -2.31. The monoisotopic (exact) mass is 289 g/mol. The number of aryl methyl sites for hydroxylation is 2. The topological polar surface area (TPSA) is 90.1 Å². The molecule has 2 aromatic rings. The van der Waals surface area contributed by atoms with Gasteiger partial charge in [0.2, 0.25) is 0 Å². The number of aromatic amines is 1. The minimum absolute atomic E-state index is 0.313. The molecular weight excluding hydrogens is 270 g/mol. The van der Waals surface area contributed by atoms with Crippen molar-refractivity contribution in [3.05, 3.63) is 56.9 Å². The Morgan fingerprint density at radius 1 is 1.29 bits per heavy atom. The van der Waals surface area contributed by atoms with Crippen molar-refractivity contribution < 1.29 is 4.74 Å². The van der Waals surface area contributed by atoms with E-state index >= 15 is 0 Å². The maximum Gasteiger partial charge on any atom is 0.328 e. The minimum atomic E-state index is -0.392. The SMILES string of the molecule is CCc1cn(CCCOc2ccccc2N)c(=O)[nH]c1=O. The number of ether oxygens (including phenoxy) is 1. The van der Waals surface area contributed by atoms with Gasteiger partial charge < -0.3 is 15.0 Å². The van der Waals surface area contributed by atoms with Gasteiger partial charge in [-0.1, -0.05) is 19.1 Å². The van der Waals surface area contributed by atoms with E-state index in [2.05, 4.69) is 4.98 Å². The van der Waals surface area contributed by atoms with E-state index in [0.717, 1.165) is 0 Å². The van der Waals surface area contributed by atoms with Crippen LogP contribution >= 0.6 is 0 Å². The third kappa shape index (κ3) is 3.75. The number of nitrogen functional groups attached to an aromatic ring is 1. The number of hydrogen-bond donors (Lipinski definition) is 2. The summed E-state index contributed by atoms with van der Waals surface area (Å²) >= 11 is 0. The lowest BCUT2D eigenvalue weighted by molar-refractivity contribution is 0.302. The molecule has 0 spiro atoms. The van der Waals surface area contributed by atoms with E-state index in [0.29, 0.717) is 43.0 Å². The Morgan fingerprint density at radius 2 is 2.05 bits per heavy atom. The second-order valence-electron chi connectivity index (χ2n) is 4.70. The zero-order chi connectivity index (χ0) is 15.2. The molecule has 0 saturated heterocycles. The summed E-state index contributed by atoms with van der Waals surface area (Å²) in [6.45, 7) is 2.80. The van der Waals surface area contributed by atoms with Gasteiger partial charge in [0.1, 0.15) is 5.75 Å².